The van der Waals surface area contributed by atoms with Gasteiger partial charge in [-0.1, -0.05) is 6.07 Å². The number of ether oxygens (including phenoxy) is 1. The fourth-order valence-electron chi connectivity index (χ4n) is 2.47. The smallest absolute Gasteiger partial charge is 0.308 e. The van der Waals surface area contributed by atoms with Crippen molar-refractivity contribution in [2.45, 2.75) is 26.3 Å². The summed E-state index contributed by atoms with van der Waals surface area (Å²) in [4.78, 5) is 19.8. The number of methoxy groups -OCH3 is 1. The van der Waals surface area contributed by atoms with Gasteiger partial charge in [0.05, 0.1) is 19.6 Å². The number of carbonyl (C=O) groups is 1. The van der Waals surface area contributed by atoms with E-state index in [1.807, 2.05) is 6.07 Å². The number of likely N-dealkylation sites (tertiary alicyclic amines) is 1. The number of guanidine groups is 1. The summed E-state index contributed by atoms with van der Waals surface area (Å²) in [7, 11) is 1.46. The molecule has 6 heteroatoms. The first-order chi connectivity index (χ1) is 10.2. The summed E-state index contributed by atoms with van der Waals surface area (Å²) >= 11 is 1.72. The Labute approximate surface area is 130 Å². The molecule has 1 aromatic heterocycles. The van der Waals surface area contributed by atoms with E-state index in [1.165, 1.54) is 12.0 Å². The fraction of sp³-hybridized carbons (Fsp3) is 0.600. The van der Waals surface area contributed by atoms with Gasteiger partial charge in [0, 0.05) is 24.5 Å². The Morgan fingerprint density at radius 2 is 2.29 bits per heavy atom. The van der Waals surface area contributed by atoms with Crippen LogP contribution in [0.15, 0.2) is 22.5 Å². The van der Waals surface area contributed by atoms with E-state index in [4.69, 9.17) is 9.73 Å². The highest BCUT2D eigenvalue weighted by Gasteiger charge is 2.26. The zero-order valence-electron chi connectivity index (χ0n) is 12.7. The Morgan fingerprint density at radius 1 is 1.52 bits per heavy atom. The summed E-state index contributed by atoms with van der Waals surface area (Å²) in [6, 6.07) is 4.14. The van der Waals surface area contributed by atoms with Gasteiger partial charge >= 0.3 is 5.97 Å². The van der Waals surface area contributed by atoms with Gasteiger partial charge in [-0.2, -0.15) is 0 Å². The Bertz CT molecular complexity index is 465. The number of rotatable bonds is 4. The van der Waals surface area contributed by atoms with Gasteiger partial charge in [-0.25, -0.2) is 4.99 Å². The van der Waals surface area contributed by atoms with E-state index in [9.17, 15) is 4.79 Å². The molecule has 0 amide bonds. The molecule has 2 rings (SSSR count). The first-order valence-electron chi connectivity index (χ1n) is 7.38. The monoisotopic (exact) mass is 309 g/mol. The van der Waals surface area contributed by atoms with Crippen molar-refractivity contribution >= 4 is 23.3 Å². The van der Waals surface area contributed by atoms with E-state index in [0.29, 0.717) is 6.54 Å². The van der Waals surface area contributed by atoms with Gasteiger partial charge < -0.3 is 15.0 Å². The van der Waals surface area contributed by atoms with E-state index in [-0.39, 0.29) is 11.9 Å². The molecule has 5 nitrogen and oxygen atoms in total. The van der Waals surface area contributed by atoms with Crippen LogP contribution >= 0.6 is 11.3 Å². The number of carbonyl (C=O) groups excluding carboxylic acids is 1. The van der Waals surface area contributed by atoms with Crippen molar-refractivity contribution in [3.05, 3.63) is 22.4 Å². The Morgan fingerprint density at radius 3 is 2.86 bits per heavy atom. The van der Waals surface area contributed by atoms with Crippen LogP contribution in [0.2, 0.25) is 0 Å². The van der Waals surface area contributed by atoms with Gasteiger partial charge in [0.15, 0.2) is 5.96 Å². The molecule has 1 aliphatic heterocycles. The predicted molar refractivity (Wildman–Crippen MR) is 85.4 cm³/mol. The van der Waals surface area contributed by atoms with Crippen molar-refractivity contribution in [3.8, 4) is 0 Å². The van der Waals surface area contributed by atoms with Crippen LogP contribution in [0.3, 0.4) is 0 Å². The summed E-state index contributed by atoms with van der Waals surface area (Å²) in [6.07, 6.45) is 1.66. The van der Waals surface area contributed by atoms with Crippen molar-refractivity contribution in [2.75, 3.05) is 26.7 Å². The predicted octanol–water partition coefficient (Wildman–Crippen LogP) is 2.10. The molecule has 21 heavy (non-hydrogen) atoms. The summed E-state index contributed by atoms with van der Waals surface area (Å²) in [5, 5.41) is 5.41. The second-order valence-electron chi connectivity index (χ2n) is 5.03. The standard InChI is InChI=1S/C15H23N3O2S/c1-3-16-15(17-11-13-5-4-10-21-13)18-8-6-12(7-9-18)14(19)20-2/h4-5,10,12H,3,6-9,11H2,1-2H3,(H,16,17). The van der Waals surface area contributed by atoms with Gasteiger partial charge in [-0.05, 0) is 31.2 Å². The van der Waals surface area contributed by atoms with E-state index < -0.39 is 0 Å². The topological polar surface area (TPSA) is 53.9 Å². The normalized spacial score (nSPS) is 16.9. The molecular weight excluding hydrogens is 286 g/mol. The number of nitrogens with zero attached hydrogens (tertiary/aromatic N) is 2. The van der Waals surface area contributed by atoms with Crippen molar-refractivity contribution in [3.63, 3.8) is 0 Å². The van der Waals surface area contributed by atoms with Crippen LogP contribution in [0.5, 0.6) is 0 Å². The minimum Gasteiger partial charge on any atom is -0.469 e. The Hall–Kier alpha value is -1.56. The van der Waals surface area contributed by atoms with Crippen LogP contribution in [-0.2, 0) is 16.1 Å². The van der Waals surface area contributed by atoms with E-state index in [1.54, 1.807) is 11.3 Å². The molecule has 0 aliphatic carbocycles. The number of nitrogens with one attached hydrogen (secondary N) is 1. The van der Waals surface area contributed by atoms with Gasteiger partial charge in [-0.3, -0.25) is 4.79 Å². The molecule has 0 bridgehead atoms. The Kier molecular flexibility index (Phi) is 6.04. The first kappa shape index (κ1) is 15.8. The summed E-state index contributed by atoms with van der Waals surface area (Å²) in [6.45, 7) is 5.31. The number of hydrogen-bond donors (Lipinski definition) is 1. The molecule has 1 fully saturated rings. The first-order valence-corrected chi connectivity index (χ1v) is 8.26. The molecule has 116 valence electrons. The third kappa shape index (κ3) is 4.46. The summed E-state index contributed by atoms with van der Waals surface area (Å²) < 4.78 is 4.83. The average molecular weight is 309 g/mol. The number of piperidine rings is 1. The third-order valence-electron chi connectivity index (χ3n) is 3.63. The zero-order valence-corrected chi connectivity index (χ0v) is 13.5. The molecule has 2 heterocycles. The molecular formula is C15H23N3O2S. The van der Waals surface area contributed by atoms with Gasteiger partial charge in [-0.15, -0.1) is 11.3 Å². The van der Waals surface area contributed by atoms with Crippen LogP contribution in [0, 0.1) is 5.92 Å². The van der Waals surface area contributed by atoms with Crippen LogP contribution < -0.4 is 5.32 Å². The maximum atomic E-state index is 11.6. The van der Waals surface area contributed by atoms with Crippen LogP contribution in [0.25, 0.3) is 0 Å². The van der Waals surface area contributed by atoms with Crippen molar-refractivity contribution in [2.24, 2.45) is 10.9 Å². The molecule has 0 spiro atoms. The highest BCUT2D eigenvalue weighted by atomic mass is 32.1. The molecule has 0 saturated carbocycles. The highest BCUT2D eigenvalue weighted by Crippen LogP contribution is 2.19. The fourth-order valence-corrected chi connectivity index (χ4v) is 3.10. The number of hydrogen-bond acceptors (Lipinski definition) is 4. The SMILES string of the molecule is CCNC(=NCc1cccs1)N1CCC(C(=O)OC)CC1. The number of aliphatic imine (C=N–C) groups is 1. The highest BCUT2D eigenvalue weighted by molar-refractivity contribution is 7.09. The Balaban J connectivity index is 1.93. The van der Waals surface area contributed by atoms with Crippen LogP contribution in [-0.4, -0.2) is 43.6 Å². The zero-order chi connectivity index (χ0) is 15.1. The van der Waals surface area contributed by atoms with Gasteiger partial charge in [0.25, 0.3) is 0 Å². The molecule has 0 atom stereocenters. The van der Waals surface area contributed by atoms with Crippen molar-refractivity contribution < 1.29 is 9.53 Å². The molecule has 0 radical (unpaired) electrons. The van der Waals surface area contributed by atoms with Gasteiger partial charge in [0.1, 0.15) is 0 Å². The lowest BCUT2D eigenvalue weighted by atomic mass is 9.97. The van der Waals surface area contributed by atoms with E-state index in [2.05, 4.69) is 28.6 Å². The molecule has 1 saturated heterocycles. The summed E-state index contributed by atoms with van der Waals surface area (Å²) in [5.74, 6) is 0.885. The lowest BCUT2D eigenvalue weighted by Crippen LogP contribution is -2.46. The lowest BCUT2D eigenvalue weighted by Gasteiger charge is -2.33. The van der Waals surface area contributed by atoms with Crippen molar-refractivity contribution in [1.29, 1.82) is 0 Å². The quantitative estimate of drug-likeness (QED) is 0.526. The summed E-state index contributed by atoms with van der Waals surface area (Å²) in [5.41, 5.74) is 0. The average Bonchev–Trinajstić information content (AvgIpc) is 3.04. The molecule has 1 aliphatic rings. The molecule has 1 aromatic rings. The minimum absolute atomic E-state index is 0.0337. The molecule has 0 unspecified atom stereocenters. The second-order valence-corrected chi connectivity index (χ2v) is 6.07. The molecule has 1 N–H and O–H groups in total. The number of esters is 1. The van der Waals surface area contributed by atoms with Crippen molar-refractivity contribution in [1.82, 2.24) is 10.2 Å². The van der Waals surface area contributed by atoms with E-state index >= 15 is 0 Å². The maximum absolute atomic E-state index is 11.6. The van der Waals surface area contributed by atoms with Crippen LogP contribution in [0.4, 0.5) is 0 Å². The largest absolute Gasteiger partial charge is 0.469 e. The number of thiophene rings is 1. The van der Waals surface area contributed by atoms with Gasteiger partial charge in [0.2, 0.25) is 0 Å². The van der Waals surface area contributed by atoms with E-state index in [0.717, 1.165) is 38.4 Å². The minimum atomic E-state index is -0.0878. The lowest BCUT2D eigenvalue weighted by molar-refractivity contribution is -0.146. The third-order valence-corrected chi connectivity index (χ3v) is 4.49. The second kappa shape index (κ2) is 8.02. The maximum Gasteiger partial charge on any atom is 0.308 e. The molecule has 0 aromatic carbocycles. The van der Waals surface area contributed by atoms with Crippen LogP contribution in [0.1, 0.15) is 24.6 Å².